The summed E-state index contributed by atoms with van der Waals surface area (Å²) in [5, 5.41) is 0. The van der Waals surface area contributed by atoms with Gasteiger partial charge in [-0.3, -0.25) is 0 Å². The van der Waals surface area contributed by atoms with E-state index in [4.69, 9.17) is 0 Å². The van der Waals surface area contributed by atoms with Crippen LogP contribution in [0.2, 0.25) is 0 Å². The van der Waals surface area contributed by atoms with Gasteiger partial charge in [0.15, 0.2) is 0 Å². The summed E-state index contributed by atoms with van der Waals surface area (Å²) in [6.45, 7) is 0. The summed E-state index contributed by atoms with van der Waals surface area (Å²) in [5.74, 6) is 0. The number of hydrogen-bond acceptors (Lipinski definition) is 0. The summed E-state index contributed by atoms with van der Waals surface area (Å²) in [6.07, 6.45) is -8.54. The fourth-order valence-electron chi connectivity index (χ4n) is 1.02. The maximum atomic E-state index is 12.2. The molecule has 0 aromatic rings. The Morgan fingerprint density at radius 1 is 0.600 bits per heavy atom. The molecule has 1 fully saturated rings. The number of alkyl halides is 4. The third-order valence-corrected chi connectivity index (χ3v) is 1.69. The third-order valence-electron chi connectivity index (χ3n) is 1.69. The van der Waals surface area contributed by atoms with Gasteiger partial charge < -0.3 is 0 Å². The van der Waals surface area contributed by atoms with Gasteiger partial charge in [0.2, 0.25) is 0 Å². The van der Waals surface area contributed by atoms with Crippen molar-refractivity contribution in [1.82, 2.24) is 0 Å². The molecule has 1 rings (SSSR count). The zero-order valence-corrected chi connectivity index (χ0v) is 5.24. The van der Waals surface area contributed by atoms with E-state index in [2.05, 4.69) is 0 Å². The molecule has 0 unspecified atom stereocenters. The highest BCUT2D eigenvalue weighted by Crippen LogP contribution is 2.28. The van der Waals surface area contributed by atoms with E-state index in [0.29, 0.717) is 0 Å². The van der Waals surface area contributed by atoms with Crippen LogP contribution in [0.4, 0.5) is 17.6 Å². The van der Waals surface area contributed by atoms with E-state index < -0.39 is 37.5 Å². The Hall–Kier alpha value is -0.280. The lowest BCUT2D eigenvalue weighted by Crippen LogP contribution is -2.36. The van der Waals surface area contributed by atoms with Gasteiger partial charge in [-0.25, -0.2) is 17.6 Å². The SMILES string of the molecule is F[C@@H]1C[C@H](F)[C@H](F)C[C@@H]1F. The van der Waals surface area contributed by atoms with Crippen LogP contribution in [-0.2, 0) is 0 Å². The largest absolute Gasteiger partial charge is 0.244 e. The molecule has 0 amide bonds. The van der Waals surface area contributed by atoms with Crippen LogP contribution in [0, 0.1) is 0 Å². The lowest BCUT2D eigenvalue weighted by molar-refractivity contribution is 0.0148. The number of hydrogen-bond donors (Lipinski definition) is 0. The number of rotatable bonds is 0. The maximum absolute atomic E-state index is 12.2. The van der Waals surface area contributed by atoms with Gasteiger partial charge in [-0.1, -0.05) is 0 Å². The third kappa shape index (κ3) is 1.41. The van der Waals surface area contributed by atoms with Crippen LogP contribution >= 0.6 is 0 Å². The standard InChI is InChI=1S/C6H8F4/c7-3-1-4(8)6(10)2-5(3)9/h3-6H,1-2H2/t3-,4+,5+,6-. The Morgan fingerprint density at radius 3 is 1.00 bits per heavy atom. The topological polar surface area (TPSA) is 0 Å². The van der Waals surface area contributed by atoms with Crippen molar-refractivity contribution >= 4 is 0 Å². The van der Waals surface area contributed by atoms with Gasteiger partial charge in [0.25, 0.3) is 0 Å². The average Bonchev–Trinajstić information content (AvgIpc) is 1.84. The maximum Gasteiger partial charge on any atom is 0.134 e. The molecule has 60 valence electrons. The zero-order valence-electron chi connectivity index (χ0n) is 5.24. The van der Waals surface area contributed by atoms with Crippen LogP contribution in [0.25, 0.3) is 0 Å². The van der Waals surface area contributed by atoms with Gasteiger partial charge in [0.1, 0.15) is 24.7 Å². The van der Waals surface area contributed by atoms with E-state index in [1.54, 1.807) is 0 Å². The molecule has 1 aliphatic carbocycles. The molecule has 1 aliphatic rings. The van der Waals surface area contributed by atoms with E-state index >= 15 is 0 Å². The van der Waals surface area contributed by atoms with Crippen molar-refractivity contribution in [2.75, 3.05) is 0 Å². The van der Waals surface area contributed by atoms with Crippen molar-refractivity contribution in [1.29, 1.82) is 0 Å². The Bertz CT molecular complexity index is 90.3. The van der Waals surface area contributed by atoms with Crippen LogP contribution < -0.4 is 0 Å². The van der Waals surface area contributed by atoms with Gasteiger partial charge in [-0.05, 0) is 0 Å². The average molecular weight is 156 g/mol. The first-order valence-corrected chi connectivity index (χ1v) is 3.17. The Balaban J connectivity index is 2.46. The fourth-order valence-corrected chi connectivity index (χ4v) is 1.02. The minimum absolute atomic E-state index is 0.637. The van der Waals surface area contributed by atoms with E-state index in [1.807, 2.05) is 0 Å². The van der Waals surface area contributed by atoms with Crippen molar-refractivity contribution in [3.63, 3.8) is 0 Å². The van der Waals surface area contributed by atoms with Crippen LogP contribution in [0.3, 0.4) is 0 Å². The Labute approximate surface area is 56.2 Å². The van der Waals surface area contributed by atoms with Gasteiger partial charge >= 0.3 is 0 Å². The van der Waals surface area contributed by atoms with Crippen LogP contribution in [0.15, 0.2) is 0 Å². The first-order chi connectivity index (χ1) is 4.61. The monoisotopic (exact) mass is 156 g/mol. The lowest BCUT2D eigenvalue weighted by Gasteiger charge is -2.25. The fraction of sp³-hybridized carbons (Fsp3) is 1.00. The quantitative estimate of drug-likeness (QED) is 0.471. The highest BCUT2D eigenvalue weighted by atomic mass is 19.2. The molecule has 4 heteroatoms. The first-order valence-electron chi connectivity index (χ1n) is 3.17. The first kappa shape index (κ1) is 7.82. The molecule has 4 atom stereocenters. The summed E-state index contributed by atoms with van der Waals surface area (Å²) in [4.78, 5) is 0. The molecule has 0 radical (unpaired) electrons. The van der Waals surface area contributed by atoms with Crippen molar-refractivity contribution in [2.45, 2.75) is 37.5 Å². The van der Waals surface area contributed by atoms with E-state index in [1.165, 1.54) is 0 Å². The minimum Gasteiger partial charge on any atom is -0.244 e. The molecular weight excluding hydrogens is 148 g/mol. The molecule has 10 heavy (non-hydrogen) atoms. The second kappa shape index (κ2) is 2.76. The predicted octanol–water partition coefficient (Wildman–Crippen LogP) is 2.13. The van der Waals surface area contributed by atoms with E-state index in [0.717, 1.165) is 0 Å². The summed E-state index contributed by atoms with van der Waals surface area (Å²) in [5.41, 5.74) is 0. The summed E-state index contributed by atoms with van der Waals surface area (Å²) in [6, 6.07) is 0. The predicted molar refractivity (Wildman–Crippen MR) is 28.8 cm³/mol. The lowest BCUT2D eigenvalue weighted by atomic mass is 9.94. The van der Waals surface area contributed by atoms with Crippen LogP contribution in [0.1, 0.15) is 12.8 Å². The highest BCUT2D eigenvalue weighted by Gasteiger charge is 2.37. The Morgan fingerprint density at radius 2 is 0.800 bits per heavy atom. The van der Waals surface area contributed by atoms with Crippen molar-refractivity contribution in [3.05, 3.63) is 0 Å². The second-order valence-corrected chi connectivity index (χ2v) is 2.54. The number of halogens is 4. The molecule has 0 N–H and O–H groups in total. The molecule has 0 aromatic carbocycles. The van der Waals surface area contributed by atoms with Crippen molar-refractivity contribution in [2.24, 2.45) is 0 Å². The van der Waals surface area contributed by atoms with Crippen molar-refractivity contribution < 1.29 is 17.6 Å². The minimum atomic E-state index is -1.82. The summed E-state index contributed by atoms with van der Waals surface area (Å²) >= 11 is 0. The second-order valence-electron chi connectivity index (χ2n) is 2.54. The molecule has 0 nitrogen and oxygen atoms in total. The molecule has 0 spiro atoms. The molecule has 1 saturated carbocycles. The molecule has 0 bridgehead atoms. The van der Waals surface area contributed by atoms with Crippen LogP contribution in [-0.4, -0.2) is 24.7 Å². The van der Waals surface area contributed by atoms with Gasteiger partial charge in [0, 0.05) is 12.8 Å². The van der Waals surface area contributed by atoms with E-state index in [9.17, 15) is 17.6 Å². The van der Waals surface area contributed by atoms with Crippen molar-refractivity contribution in [3.8, 4) is 0 Å². The molecule has 0 heterocycles. The normalized spacial score (nSPS) is 49.2. The smallest absolute Gasteiger partial charge is 0.134 e. The highest BCUT2D eigenvalue weighted by molar-refractivity contribution is 4.86. The zero-order chi connectivity index (χ0) is 7.72. The molecule has 0 aliphatic heterocycles. The summed E-state index contributed by atoms with van der Waals surface area (Å²) in [7, 11) is 0. The van der Waals surface area contributed by atoms with Gasteiger partial charge in [-0.2, -0.15) is 0 Å². The van der Waals surface area contributed by atoms with Gasteiger partial charge in [-0.15, -0.1) is 0 Å². The molecule has 0 saturated heterocycles. The Kier molecular flexibility index (Phi) is 2.16. The molecular formula is C6H8F4. The molecule has 0 aromatic heterocycles. The van der Waals surface area contributed by atoms with E-state index in [-0.39, 0.29) is 0 Å². The van der Waals surface area contributed by atoms with Gasteiger partial charge in [0.05, 0.1) is 0 Å². The van der Waals surface area contributed by atoms with Crippen LogP contribution in [0.5, 0.6) is 0 Å². The summed E-state index contributed by atoms with van der Waals surface area (Å²) < 4.78 is 48.9.